The van der Waals surface area contributed by atoms with Gasteiger partial charge in [-0.05, 0) is 24.6 Å². The maximum atomic E-state index is 11.8. The second-order valence-electron chi connectivity index (χ2n) is 3.40. The molecule has 0 bridgehead atoms. The van der Waals surface area contributed by atoms with Crippen molar-refractivity contribution in [2.75, 3.05) is 0 Å². The van der Waals surface area contributed by atoms with Crippen molar-refractivity contribution in [2.45, 2.75) is 12.5 Å². The van der Waals surface area contributed by atoms with E-state index in [1.54, 1.807) is 24.3 Å². The van der Waals surface area contributed by atoms with Crippen LogP contribution in [0.3, 0.4) is 0 Å². The third-order valence-electron chi connectivity index (χ3n) is 2.09. The zero-order valence-corrected chi connectivity index (χ0v) is 10.6. The molecule has 0 aromatic heterocycles. The molecule has 17 heavy (non-hydrogen) atoms. The van der Waals surface area contributed by atoms with Gasteiger partial charge in [-0.2, -0.15) is 0 Å². The van der Waals surface area contributed by atoms with E-state index in [2.05, 4.69) is 27.8 Å². The number of amides is 1. The van der Waals surface area contributed by atoms with Crippen LogP contribution >= 0.6 is 15.9 Å². The first-order valence-electron chi connectivity index (χ1n) is 4.94. The van der Waals surface area contributed by atoms with E-state index in [9.17, 15) is 9.59 Å². The average molecular weight is 298 g/mol. The molecule has 1 aromatic rings. The van der Waals surface area contributed by atoms with Gasteiger partial charge in [0, 0.05) is 10.0 Å². The van der Waals surface area contributed by atoms with Crippen LogP contribution in [0.1, 0.15) is 16.8 Å². The fraction of sp³-hybridized carbons (Fsp3) is 0.167. The predicted molar refractivity (Wildman–Crippen MR) is 67.8 cm³/mol. The van der Waals surface area contributed by atoms with Crippen LogP contribution in [-0.2, 0) is 4.79 Å². The number of aliphatic carboxylic acids is 1. The molecule has 90 valence electrons. The van der Waals surface area contributed by atoms with Crippen LogP contribution in [-0.4, -0.2) is 23.0 Å². The number of carboxylic acid groups (broad SMARTS) is 1. The van der Waals surface area contributed by atoms with Crippen LogP contribution in [0.25, 0.3) is 0 Å². The quantitative estimate of drug-likeness (QED) is 0.819. The second-order valence-corrected chi connectivity index (χ2v) is 4.31. The van der Waals surface area contributed by atoms with Gasteiger partial charge < -0.3 is 10.4 Å². The van der Waals surface area contributed by atoms with Gasteiger partial charge in [0.05, 0.1) is 0 Å². The number of carbonyl (C=O) groups is 2. The van der Waals surface area contributed by atoms with Gasteiger partial charge in [0.15, 0.2) is 0 Å². The predicted octanol–water partition coefficient (Wildman–Crippen LogP) is 2.21. The molecule has 1 rings (SSSR count). The van der Waals surface area contributed by atoms with Crippen LogP contribution in [0, 0.1) is 0 Å². The Balaban J connectivity index is 2.77. The first-order chi connectivity index (χ1) is 8.04. The maximum absolute atomic E-state index is 11.8. The van der Waals surface area contributed by atoms with E-state index in [0.29, 0.717) is 5.56 Å². The summed E-state index contributed by atoms with van der Waals surface area (Å²) in [5.74, 6) is -1.49. The molecule has 4 nitrogen and oxygen atoms in total. The molecule has 0 aliphatic carbocycles. The summed E-state index contributed by atoms with van der Waals surface area (Å²) in [5, 5.41) is 11.3. The normalized spacial score (nSPS) is 11.6. The van der Waals surface area contributed by atoms with Crippen molar-refractivity contribution in [3.05, 3.63) is 47.0 Å². The number of carbonyl (C=O) groups excluding carboxylic acids is 1. The van der Waals surface area contributed by atoms with Gasteiger partial charge in [-0.1, -0.05) is 28.1 Å². The van der Waals surface area contributed by atoms with Gasteiger partial charge in [0.2, 0.25) is 0 Å². The number of benzene rings is 1. The number of nitrogens with one attached hydrogen (secondary N) is 1. The summed E-state index contributed by atoms with van der Waals surface area (Å²) in [4.78, 5) is 22.6. The minimum absolute atomic E-state index is 0.190. The van der Waals surface area contributed by atoms with Crippen molar-refractivity contribution in [3.63, 3.8) is 0 Å². The van der Waals surface area contributed by atoms with Crippen molar-refractivity contribution in [3.8, 4) is 0 Å². The summed E-state index contributed by atoms with van der Waals surface area (Å²) in [5.41, 5.74) is 0.412. The Kier molecular flexibility index (Phi) is 4.90. The van der Waals surface area contributed by atoms with Gasteiger partial charge in [-0.15, -0.1) is 6.58 Å². The van der Waals surface area contributed by atoms with E-state index >= 15 is 0 Å². The van der Waals surface area contributed by atoms with Crippen LogP contribution in [0.4, 0.5) is 0 Å². The summed E-state index contributed by atoms with van der Waals surface area (Å²) in [6.45, 7) is 3.45. The number of rotatable bonds is 5. The van der Waals surface area contributed by atoms with E-state index in [-0.39, 0.29) is 6.42 Å². The van der Waals surface area contributed by atoms with Crippen molar-refractivity contribution in [1.82, 2.24) is 5.32 Å². The number of halogens is 1. The third kappa shape index (κ3) is 4.03. The second kappa shape index (κ2) is 6.20. The summed E-state index contributed by atoms with van der Waals surface area (Å²) in [7, 11) is 0. The fourth-order valence-corrected chi connectivity index (χ4v) is 1.66. The lowest BCUT2D eigenvalue weighted by molar-refractivity contribution is -0.139. The van der Waals surface area contributed by atoms with Gasteiger partial charge in [0.1, 0.15) is 6.04 Å². The zero-order valence-electron chi connectivity index (χ0n) is 9.02. The van der Waals surface area contributed by atoms with Crippen LogP contribution in [0.15, 0.2) is 41.4 Å². The van der Waals surface area contributed by atoms with Gasteiger partial charge in [0.25, 0.3) is 5.91 Å². The Hall–Kier alpha value is -1.62. The molecule has 2 N–H and O–H groups in total. The first kappa shape index (κ1) is 13.4. The molecule has 0 fully saturated rings. The molecule has 0 aliphatic rings. The fourth-order valence-electron chi connectivity index (χ4n) is 1.26. The first-order valence-corrected chi connectivity index (χ1v) is 5.74. The molecule has 5 heteroatoms. The molecule has 1 aromatic carbocycles. The van der Waals surface area contributed by atoms with E-state index < -0.39 is 17.9 Å². The molecular formula is C12H12BrNO3. The molecule has 1 atom stereocenters. The molecule has 1 unspecified atom stereocenters. The van der Waals surface area contributed by atoms with Crippen LogP contribution in [0.5, 0.6) is 0 Å². The van der Waals surface area contributed by atoms with Crippen molar-refractivity contribution >= 4 is 27.8 Å². The lowest BCUT2D eigenvalue weighted by Gasteiger charge is -2.12. The minimum atomic E-state index is -1.08. The van der Waals surface area contributed by atoms with E-state index in [1.807, 2.05) is 0 Å². The van der Waals surface area contributed by atoms with E-state index in [1.165, 1.54) is 6.08 Å². The number of carboxylic acids is 1. The Morgan fingerprint density at radius 3 is 2.76 bits per heavy atom. The van der Waals surface area contributed by atoms with Gasteiger partial charge in [-0.3, -0.25) is 4.79 Å². The van der Waals surface area contributed by atoms with Crippen LogP contribution < -0.4 is 5.32 Å². The Morgan fingerprint density at radius 2 is 2.24 bits per heavy atom. The Bertz CT molecular complexity index is 445. The molecule has 0 radical (unpaired) electrons. The summed E-state index contributed by atoms with van der Waals surface area (Å²) in [6.07, 6.45) is 1.65. The largest absolute Gasteiger partial charge is 0.480 e. The Labute approximate surface area is 107 Å². The van der Waals surface area contributed by atoms with Crippen molar-refractivity contribution < 1.29 is 14.7 Å². The third-order valence-corrected chi connectivity index (χ3v) is 2.59. The molecule has 0 spiro atoms. The van der Waals surface area contributed by atoms with Crippen LogP contribution in [0.2, 0.25) is 0 Å². The molecule has 0 saturated carbocycles. The highest BCUT2D eigenvalue weighted by Gasteiger charge is 2.18. The van der Waals surface area contributed by atoms with E-state index in [4.69, 9.17) is 5.11 Å². The van der Waals surface area contributed by atoms with Crippen molar-refractivity contribution in [1.29, 1.82) is 0 Å². The lowest BCUT2D eigenvalue weighted by atomic mass is 10.1. The zero-order chi connectivity index (χ0) is 12.8. The summed E-state index contributed by atoms with van der Waals surface area (Å²) in [6, 6.07) is 5.80. The Morgan fingerprint density at radius 1 is 1.53 bits per heavy atom. The van der Waals surface area contributed by atoms with Crippen molar-refractivity contribution in [2.24, 2.45) is 0 Å². The van der Waals surface area contributed by atoms with Gasteiger partial charge in [-0.25, -0.2) is 4.79 Å². The highest BCUT2D eigenvalue weighted by Crippen LogP contribution is 2.11. The molecule has 1 amide bonds. The highest BCUT2D eigenvalue weighted by molar-refractivity contribution is 9.10. The molecule has 0 heterocycles. The molecule has 0 aliphatic heterocycles. The monoisotopic (exact) mass is 297 g/mol. The topological polar surface area (TPSA) is 66.4 Å². The number of hydrogen-bond donors (Lipinski definition) is 2. The van der Waals surface area contributed by atoms with Gasteiger partial charge >= 0.3 is 5.97 Å². The lowest BCUT2D eigenvalue weighted by Crippen LogP contribution is -2.40. The minimum Gasteiger partial charge on any atom is -0.480 e. The average Bonchev–Trinajstić information content (AvgIpc) is 2.28. The number of hydrogen-bond acceptors (Lipinski definition) is 2. The summed E-state index contributed by atoms with van der Waals surface area (Å²) >= 11 is 3.24. The maximum Gasteiger partial charge on any atom is 0.326 e. The van der Waals surface area contributed by atoms with E-state index in [0.717, 1.165) is 4.47 Å². The highest BCUT2D eigenvalue weighted by atomic mass is 79.9. The molecular weight excluding hydrogens is 286 g/mol. The summed E-state index contributed by atoms with van der Waals surface area (Å²) < 4.78 is 0.765. The standard InChI is InChI=1S/C12H12BrNO3/c1-2-4-10(12(16)17)14-11(15)8-5-3-6-9(13)7-8/h2-3,5-7,10H,1,4H2,(H,14,15)(H,16,17). The molecule has 0 saturated heterocycles. The SMILES string of the molecule is C=CCC(NC(=O)c1cccc(Br)c1)C(=O)O. The smallest absolute Gasteiger partial charge is 0.326 e.